The first-order valence-corrected chi connectivity index (χ1v) is 7.17. The van der Waals surface area contributed by atoms with Crippen molar-refractivity contribution >= 4 is 6.09 Å². The Morgan fingerprint density at radius 3 is 2.41 bits per heavy atom. The van der Waals surface area contributed by atoms with Crippen molar-refractivity contribution in [2.75, 3.05) is 6.54 Å². The first-order valence-electron chi connectivity index (χ1n) is 7.17. The van der Waals surface area contributed by atoms with Gasteiger partial charge in [-0.05, 0) is 40.7 Å². The van der Waals surface area contributed by atoms with Crippen LogP contribution in [0.15, 0.2) is 18.2 Å². The predicted octanol–water partition coefficient (Wildman–Crippen LogP) is 3.21. The van der Waals surface area contributed by atoms with Crippen LogP contribution in [0, 0.1) is 5.82 Å². The molecule has 0 fully saturated rings. The van der Waals surface area contributed by atoms with Crippen LogP contribution in [0.3, 0.4) is 0 Å². The molecule has 1 aromatic rings. The minimum atomic E-state index is -0.766. The number of hydrogen-bond acceptors (Lipinski definition) is 4. The number of carbonyl (C=O) groups is 1. The molecule has 1 rings (SSSR count). The third kappa shape index (κ3) is 5.18. The smallest absolute Gasteiger partial charge is 0.410 e. The van der Waals surface area contributed by atoms with Crippen molar-refractivity contribution in [3.63, 3.8) is 0 Å². The average molecular weight is 313 g/mol. The fourth-order valence-corrected chi connectivity index (χ4v) is 2.03. The minimum Gasteiger partial charge on any atom is -0.507 e. The molecule has 2 atom stereocenters. The standard InChI is InChI=1S/C16H24FNO4/c1-10(19)9-18(15(21)22-16(3,4)5)11(2)13-7-6-12(17)8-14(13)20/h6-8,10-11,19-20H,9H2,1-5H3. The molecule has 0 heterocycles. The van der Waals surface area contributed by atoms with E-state index < -0.39 is 29.7 Å². The molecule has 1 aromatic carbocycles. The lowest BCUT2D eigenvalue weighted by Crippen LogP contribution is -2.41. The summed E-state index contributed by atoms with van der Waals surface area (Å²) in [7, 11) is 0. The number of ether oxygens (including phenoxy) is 1. The van der Waals surface area contributed by atoms with Crippen LogP contribution in [0.5, 0.6) is 5.75 Å². The Morgan fingerprint density at radius 2 is 1.95 bits per heavy atom. The molecular weight excluding hydrogens is 289 g/mol. The van der Waals surface area contributed by atoms with E-state index in [-0.39, 0.29) is 12.3 Å². The topological polar surface area (TPSA) is 70.0 Å². The SMILES string of the molecule is CC(O)CN(C(=O)OC(C)(C)C)C(C)c1ccc(F)cc1O. The van der Waals surface area contributed by atoms with Gasteiger partial charge in [-0.1, -0.05) is 6.07 Å². The van der Waals surface area contributed by atoms with E-state index in [0.29, 0.717) is 5.56 Å². The number of nitrogens with zero attached hydrogens (tertiary/aromatic N) is 1. The highest BCUT2D eigenvalue weighted by molar-refractivity contribution is 5.69. The Bertz CT molecular complexity index is 525. The summed E-state index contributed by atoms with van der Waals surface area (Å²) >= 11 is 0. The Hall–Kier alpha value is -1.82. The molecule has 2 unspecified atom stereocenters. The largest absolute Gasteiger partial charge is 0.507 e. The summed E-state index contributed by atoms with van der Waals surface area (Å²) in [6, 6.07) is 3.03. The number of phenols is 1. The molecule has 2 N–H and O–H groups in total. The first-order chi connectivity index (χ1) is 10.0. The molecule has 0 aromatic heterocycles. The van der Waals surface area contributed by atoms with E-state index in [9.17, 15) is 19.4 Å². The summed E-state index contributed by atoms with van der Waals surface area (Å²) in [5, 5.41) is 19.5. The lowest BCUT2D eigenvalue weighted by Gasteiger charge is -2.33. The molecule has 124 valence electrons. The molecule has 1 amide bonds. The quantitative estimate of drug-likeness (QED) is 0.895. The normalized spacial score (nSPS) is 14.3. The summed E-state index contributed by atoms with van der Waals surface area (Å²) in [4.78, 5) is 13.6. The highest BCUT2D eigenvalue weighted by atomic mass is 19.1. The van der Waals surface area contributed by atoms with Gasteiger partial charge in [0, 0.05) is 11.6 Å². The van der Waals surface area contributed by atoms with Crippen LogP contribution in [0.25, 0.3) is 0 Å². The van der Waals surface area contributed by atoms with Gasteiger partial charge in [-0.15, -0.1) is 0 Å². The van der Waals surface area contributed by atoms with Gasteiger partial charge >= 0.3 is 6.09 Å². The van der Waals surface area contributed by atoms with Crippen molar-refractivity contribution in [2.45, 2.75) is 52.4 Å². The van der Waals surface area contributed by atoms with Crippen molar-refractivity contribution in [1.82, 2.24) is 4.90 Å². The Morgan fingerprint density at radius 1 is 1.36 bits per heavy atom. The molecule has 0 bridgehead atoms. The van der Waals surface area contributed by atoms with Gasteiger partial charge in [0.1, 0.15) is 17.2 Å². The number of halogens is 1. The van der Waals surface area contributed by atoms with Gasteiger partial charge in [0.2, 0.25) is 0 Å². The van der Waals surface area contributed by atoms with Crippen molar-refractivity contribution in [3.8, 4) is 5.75 Å². The Balaban J connectivity index is 3.07. The maximum Gasteiger partial charge on any atom is 0.410 e. The minimum absolute atomic E-state index is 0.0346. The van der Waals surface area contributed by atoms with Crippen LogP contribution in [0.1, 0.15) is 46.2 Å². The van der Waals surface area contributed by atoms with Gasteiger partial charge in [-0.2, -0.15) is 0 Å². The maximum absolute atomic E-state index is 13.1. The molecule has 0 saturated carbocycles. The number of aromatic hydroxyl groups is 1. The van der Waals surface area contributed by atoms with Crippen molar-refractivity contribution in [2.24, 2.45) is 0 Å². The number of carbonyl (C=O) groups excluding carboxylic acids is 1. The zero-order chi connectivity index (χ0) is 17.1. The van der Waals surface area contributed by atoms with E-state index in [1.165, 1.54) is 17.0 Å². The summed E-state index contributed by atoms with van der Waals surface area (Å²) in [6.07, 6.45) is -1.37. The summed E-state index contributed by atoms with van der Waals surface area (Å²) < 4.78 is 18.4. The maximum atomic E-state index is 13.1. The van der Waals surface area contributed by atoms with Crippen LogP contribution in [0.2, 0.25) is 0 Å². The van der Waals surface area contributed by atoms with Crippen LogP contribution in [-0.2, 0) is 4.74 Å². The fourth-order valence-electron chi connectivity index (χ4n) is 2.03. The lowest BCUT2D eigenvalue weighted by molar-refractivity contribution is 0.00692. The molecule has 22 heavy (non-hydrogen) atoms. The number of amides is 1. The Kier molecular flexibility index (Phi) is 5.77. The predicted molar refractivity (Wildman–Crippen MR) is 81.1 cm³/mol. The van der Waals surface area contributed by atoms with Gasteiger partial charge in [-0.25, -0.2) is 9.18 Å². The number of aliphatic hydroxyl groups excluding tert-OH is 1. The monoisotopic (exact) mass is 313 g/mol. The van der Waals surface area contributed by atoms with Crippen molar-refractivity contribution in [3.05, 3.63) is 29.6 Å². The zero-order valence-electron chi connectivity index (χ0n) is 13.6. The van der Waals surface area contributed by atoms with Gasteiger partial charge < -0.3 is 14.9 Å². The van der Waals surface area contributed by atoms with Gasteiger partial charge in [-0.3, -0.25) is 4.90 Å². The second-order valence-electron chi connectivity index (χ2n) is 6.36. The molecule has 5 nitrogen and oxygen atoms in total. The summed E-state index contributed by atoms with van der Waals surface area (Å²) in [5.41, 5.74) is -0.300. The van der Waals surface area contributed by atoms with Crippen LogP contribution in [-0.4, -0.2) is 39.5 Å². The van der Waals surface area contributed by atoms with E-state index in [0.717, 1.165) is 6.07 Å². The summed E-state index contributed by atoms with van der Waals surface area (Å²) in [5.74, 6) is -0.806. The van der Waals surface area contributed by atoms with E-state index in [1.807, 2.05) is 0 Å². The highest BCUT2D eigenvalue weighted by Gasteiger charge is 2.29. The number of rotatable bonds is 4. The van der Waals surface area contributed by atoms with Gasteiger partial charge in [0.15, 0.2) is 0 Å². The molecule has 0 saturated heterocycles. The lowest BCUT2D eigenvalue weighted by atomic mass is 10.1. The first kappa shape index (κ1) is 18.2. The van der Waals surface area contributed by atoms with Crippen LogP contribution >= 0.6 is 0 Å². The van der Waals surface area contributed by atoms with Gasteiger partial charge in [0.05, 0.1) is 18.7 Å². The molecule has 6 heteroatoms. The van der Waals surface area contributed by atoms with Crippen LogP contribution in [0.4, 0.5) is 9.18 Å². The van der Waals surface area contributed by atoms with E-state index in [2.05, 4.69) is 0 Å². The molecule has 0 radical (unpaired) electrons. The zero-order valence-corrected chi connectivity index (χ0v) is 13.6. The third-order valence-corrected chi connectivity index (χ3v) is 3.00. The molecule has 0 aliphatic heterocycles. The van der Waals surface area contributed by atoms with E-state index >= 15 is 0 Å². The second-order valence-corrected chi connectivity index (χ2v) is 6.36. The third-order valence-electron chi connectivity index (χ3n) is 3.00. The number of phenolic OH excluding ortho intramolecular Hbond substituents is 1. The molecule has 0 aliphatic rings. The molecule has 0 aliphatic carbocycles. The summed E-state index contributed by atoms with van der Waals surface area (Å²) in [6.45, 7) is 8.49. The molecular formula is C16H24FNO4. The number of hydrogen-bond donors (Lipinski definition) is 2. The Labute approximate surface area is 130 Å². The van der Waals surface area contributed by atoms with E-state index in [1.54, 1.807) is 34.6 Å². The van der Waals surface area contributed by atoms with Gasteiger partial charge in [0.25, 0.3) is 0 Å². The second kappa shape index (κ2) is 6.96. The number of aliphatic hydroxyl groups is 1. The fraction of sp³-hybridized carbons (Fsp3) is 0.562. The highest BCUT2D eigenvalue weighted by Crippen LogP contribution is 2.30. The average Bonchev–Trinajstić information content (AvgIpc) is 2.32. The number of benzene rings is 1. The van der Waals surface area contributed by atoms with E-state index in [4.69, 9.17) is 4.74 Å². The van der Waals surface area contributed by atoms with Crippen LogP contribution < -0.4 is 0 Å². The van der Waals surface area contributed by atoms with Crippen molar-refractivity contribution in [1.29, 1.82) is 0 Å². The van der Waals surface area contributed by atoms with Crippen molar-refractivity contribution < 1.29 is 24.1 Å². The molecule has 0 spiro atoms.